The van der Waals surface area contributed by atoms with E-state index in [1.54, 1.807) is 11.3 Å². The first-order chi connectivity index (χ1) is 11.1. The zero-order valence-electron chi connectivity index (χ0n) is 11.7. The first-order valence-electron chi connectivity index (χ1n) is 6.52. The highest BCUT2D eigenvalue weighted by atomic mass is 32.1. The highest BCUT2D eigenvalue weighted by Gasteiger charge is 2.13. The number of carbonyl (C=O) groups is 1. The standard InChI is InChI=1S/C15H10N2O4S2/c18-15(10-2-1-3-13(6-10)17(19)20)21-7-12-9-23-14(16-12)11-4-5-22-8-11/h1-6,8-9H,7H2. The van der Waals surface area contributed by atoms with Crippen LogP contribution in [0.5, 0.6) is 0 Å². The van der Waals surface area contributed by atoms with Crippen LogP contribution in [0.4, 0.5) is 5.69 Å². The number of carbonyl (C=O) groups excluding carboxylic acids is 1. The molecule has 0 amide bonds. The molecule has 0 unspecified atom stereocenters. The van der Waals surface area contributed by atoms with E-state index < -0.39 is 10.9 Å². The van der Waals surface area contributed by atoms with Crippen LogP contribution in [0.15, 0.2) is 46.5 Å². The van der Waals surface area contributed by atoms with E-state index in [1.165, 1.54) is 35.6 Å². The summed E-state index contributed by atoms with van der Waals surface area (Å²) in [5.74, 6) is -0.612. The molecular weight excluding hydrogens is 336 g/mol. The number of ether oxygens (including phenoxy) is 1. The number of rotatable bonds is 5. The van der Waals surface area contributed by atoms with Crippen molar-refractivity contribution in [2.75, 3.05) is 0 Å². The van der Waals surface area contributed by atoms with Crippen LogP contribution >= 0.6 is 22.7 Å². The minimum atomic E-state index is -0.612. The van der Waals surface area contributed by atoms with Gasteiger partial charge in [-0.1, -0.05) is 6.07 Å². The zero-order chi connectivity index (χ0) is 16.2. The van der Waals surface area contributed by atoms with Crippen molar-refractivity contribution in [1.29, 1.82) is 0 Å². The number of esters is 1. The summed E-state index contributed by atoms with van der Waals surface area (Å²) < 4.78 is 5.16. The topological polar surface area (TPSA) is 82.3 Å². The summed E-state index contributed by atoms with van der Waals surface area (Å²) in [7, 11) is 0. The monoisotopic (exact) mass is 346 g/mol. The van der Waals surface area contributed by atoms with E-state index in [0.29, 0.717) is 5.69 Å². The quantitative estimate of drug-likeness (QED) is 0.394. The fourth-order valence-corrected chi connectivity index (χ4v) is 3.38. The van der Waals surface area contributed by atoms with Gasteiger partial charge in [-0.25, -0.2) is 9.78 Å². The Bertz CT molecular complexity index is 843. The van der Waals surface area contributed by atoms with Gasteiger partial charge in [-0.15, -0.1) is 11.3 Å². The summed E-state index contributed by atoms with van der Waals surface area (Å²) in [6, 6.07) is 7.42. The van der Waals surface area contributed by atoms with Crippen LogP contribution in [0.1, 0.15) is 16.1 Å². The predicted molar refractivity (Wildman–Crippen MR) is 87.6 cm³/mol. The van der Waals surface area contributed by atoms with Crippen LogP contribution in [0.25, 0.3) is 10.6 Å². The number of nitrogens with zero attached hydrogens (tertiary/aromatic N) is 2. The molecule has 2 heterocycles. The normalized spacial score (nSPS) is 10.4. The Hall–Kier alpha value is -2.58. The number of non-ortho nitro benzene ring substituents is 1. The number of thiazole rings is 1. The van der Waals surface area contributed by atoms with Crippen molar-refractivity contribution in [2.24, 2.45) is 0 Å². The number of hydrogen-bond acceptors (Lipinski definition) is 7. The molecule has 116 valence electrons. The Morgan fingerprint density at radius 2 is 2.17 bits per heavy atom. The van der Waals surface area contributed by atoms with Gasteiger partial charge in [-0.3, -0.25) is 10.1 Å². The van der Waals surface area contributed by atoms with Crippen LogP contribution in [0.2, 0.25) is 0 Å². The average molecular weight is 346 g/mol. The molecule has 0 aliphatic rings. The number of nitro benzene ring substituents is 1. The fraction of sp³-hybridized carbons (Fsp3) is 0.0667. The van der Waals surface area contributed by atoms with Gasteiger partial charge < -0.3 is 4.74 Å². The summed E-state index contributed by atoms with van der Waals surface area (Å²) in [6.07, 6.45) is 0. The van der Waals surface area contributed by atoms with Gasteiger partial charge in [0.1, 0.15) is 11.6 Å². The highest BCUT2D eigenvalue weighted by molar-refractivity contribution is 7.14. The van der Waals surface area contributed by atoms with E-state index in [2.05, 4.69) is 4.98 Å². The number of thiophene rings is 1. The Labute approximate surface area is 139 Å². The lowest BCUT2D eigenvalue weighted by molar-refractivity contribution is -0.384. The molecule has 8 heteroatoms. The summed E-state index contributed by atoms with van der Waals surface area (Å²) in [5.41, 5.74) is 1.69. The second-order valence-electron chi connectivity index (χ2n) is 4.54. The van der Waals surface area contributed by atoms with Crippen molar-refractivity contribution in [1.82, 2.24) is 4.98 Å². The molecule has 3 rings (SSSR count). The Morgan fingerprint density at radius 3 is 2.91 bits per heavy atom. The molecule has 0 aliphatic heterocycles. The predicted octanol–water partition coefficient (Wildman–Crippen LogP) is 4.14. The van der Waals surface area contributed by atoms with Gasteiger partial charge >= 0.3 is 5.97 Å². The van der Waals surface area contributed by atoms with Crippen molar-refractivity contribution in [3.05, 3.63) is 67.8 Å². The molecule has 0 atom stereocenters. The second kappa shape index (κ2) is 6.67. The van der Waals surface area contributed by atoms with E-state index in [1.807, 2.05) is 22.2 Å². The van der Waals surface area contributed by atoms with Crippen LogP contribution < -0.4 is 0 Å². The second-order valence-corrected chi connectivity index (χ2v) is 6.18. The zero-order valence-corrected chi connectivity index (χ0v) is 13.3. The van der Waals surface area contributed by atoms with E-state index in [-0.39, 0.29) is 17.9 Å². The van der Waals surface area contributed by atoms with Gasteiger partial charge in [0.15, 0.2) is 0 Å². The summed E-state index contributed by atoms with van der Waals surface area (Å²) in [4.78, 5) is 26.5. The first-order valence-corrected chi connectivity index (χ1v) is 8.34. The molecule has 0 spiro atoms. The van der Waals surface area contributed by atoms with Gasteiger partial charge in [0.2, 0.25) is 0 Å². The van der Waals surface area contributed by atoms with Crippen LogP contribution in [0.3, 0.4) is 0 Å². The van der Waals surface area contributed by atoms with E-state index >= 15 is 0 Å². The highest BCUT2D eigenvalue weighted by Crippen LogP contribution is 2.26. The summed E-state index contributed by atoms with van der Waals surface area (Å²) in [6.45, 7) is 0.0299. The molecule has 0 radical (unpaired) electrons. The van der Waals surface area contributed by atoms with Crippen LogP contribution in [-0.4, -0.2) is 15.9 Å². The maximum Gasteiger partial charge on any atom is 0.338 e. The summed E-state index contributed by atoms with van der Waals surface area (Å²) >= 11 is 3.07. The van der Waals surface area contributed by atoms with Crippen LogP contribution in [0, 0.1) is 10.1 Å². The third kappa shape index (κ3) is 3.61. The molecular formula is C15H10N2O4S2. The molecule has 0 saturated heterocycles. The largest absolute Gasteiger partial charge is 0.456 e. The van der Waals surface area contributed by atoms with Crippen molar-refractivity contribution < 1.29 is 14.5 Å². The van der Waals surface area contributed by atoms with E-state index in [9.17, 15) is 14.9 Å². The Morgan fingerprint density at radius 1 is 1.30 bits per heavy atom. The Balaban J connectivity index is 1.65. The van der Waals surface area contributed by atoms with Crippen LogP contribution in [-0.2, 0) is 11.3 Å². The molecule has 23 heavy (non-hydrogen) atoms. The first kappa shape index (κ1) is 15.3. The third-order valence-electron chi connectivity index (χ3n) is 2.96. The van der Waals surface area contributed by atoms with Crippen molar-refractivity contribution in [3.8, 4) is 10.6 Å². The maximum atomic E-state index is 12.0. The molecule has 0 aliphatic carbocycles. The van der Waals surface area contributed by atoms with E-state index in [0.717, 1.165) is 10.6 Å². The average Bonchev–Trinajstić information content (AvgIpc) is 3.23. The van der Waals surface area contributed by atoms with Gasteiger partial charge in [-0.05, 0) is 17.5 Å². The lowest BCUT2D eigenvalue weighted by atomic mass is 10.2. The molecule has 3 aromatic rings. The smallest absolute Gasteiger partial charge is 0.338 e. The fourth-order valence-electron chi connectivity index (χ4n) is 1.86. The van der Waals surface area contributed by atoms with E-state index in [4.69, 9.17) is 4.74 Å². The van der Waals surface area contributed by atoms with Crippen molar-refractivity contribution in [2.45, 2.75) is 6.61 Å². The molecule has 0 fully saturated rings. The van der Waals surface area contributed by atoms with Gasteiger partial charge in [0.05, 0.1) is 16.2 Å². The molecule has 2 aromatic heterocycles. The third-order valence-corrected chi connectivity index (χ3v) is 4.59. The molecule has 6 nitrogen and oxygen atoms in total. The maximum absolute atomic E-state index is 12.0. The lowest BCUT2D eigenvalue weighted by Crippen LogP contribution is -2.06. The number of benzene rings is 1. The lowest BCUT2D eigenvalue weighted by Gasteiger charge is -2.02. The molecule has 1 aromatic carbocycles. The molecule has 0 bridgehead atoms. The SMILES string of the molecule is O=C(OCc1csc(-c2ccsc2)n1)c1cccc([N+](=O)[O-])c1. The Kier molecular flexibility index (Phi) is 4.45. The summed E-state index contributed by atoms with van der Waals surface area (Å²) in [5, 5.41) is 17.4. The van der Waals surface area contributed by atoms with Crippen molar-refractivity contribution >= 4 is 34.3 Å². The van der Waals surface area contributed by atoms with Gasteiger partial charge in [0.25, 0.3) is 5.69 Å². The number of hydrogen-bond donors (Lipinski definition) is 0. The van der Waals surface area contributed by atoms with Gasteiger partial charge in [0, 0.05) is 28.5 Å². The number of nitro groups is 1. The molecule has 0 N–H and O–H groups in total. The van der Waals surface area contributed by atoms with Gasteiger partial charge in [-0.2, -0.15) is 11.3 Å². The minimum Gasteiger partial charge on any atom is -0.456 e. The minimum absolute atomic E-state index is 0.0299. The molecule has 0 saturated carbocycles. The van der Waals surface area contributed by atoms with Crippen molar-refractivity contribution in [3.63, 3.8) is 0 Å². The number of aromatic nitrogens is 1.